The summed E-state index contributed by atoms with van der Waals surface area (Å²) < 4.78 is 7.58. The number of fused-ring (bicyclic) bond motifs is 2. The number of para-hydroxylation sites is 2. The van der Waals surface area contributed by atoms with Crippen molar-refractivity contribution in [3.8, 4) is 5.75 Å². The Balaban J connectivity index is 1.33. The second-order valence-corrected chi connectivity index (χ2v) is 8.46. The number of aromatic nitrogens is 2. The SMILES string of the molecule is C[C@H](C(=O)Nc1ccc2c(c1)nc(CCc1ccccc1)n2C)N1C(=O)COc2ccccc21. The molecule has 1 N–H and O–H groups in total. The molecular weight excluding hydrogens is 428 g/mol. The highest BCUT2D eigenvalue weighted by Gasteiger charge is 2.33. The number of amides is 2. The summed E-state index contributed by atoms with van der Waals surface area (Å²) >= 11 is 0. The van der Waals surface area contributed by atoms with Gasteiger partial charge in [0.2, 0.25) is 5.91 Å². The van der Waals surface area contributed by atoms with E-state index in [0.29, 0.717) is 17.1 Å². The van der Waals surface area contributed by atoms with Crippen molar-refractivity contribution in [1.29, 1.82) is 0 Å². The fourth-order valence-corrected chi connectivity index (χ4v) is 4.36. The Bertz CT molecular complexity index is 1360. The van der Waals surface area contributed by atoms with Crippen LogP contribution in [0.15, 0.2) is 72.8 Å². The number of hydrogen-bond donors (Lipinski definition) is 1. The summed E-state index contributed by atoms with van der Waals surface area (Å²) in [5, 5.41) is 2.95. The van der Waals surface area contributed by atoms with Gasteiger partial charge in [-0.1, -0.05) is 42.5 Å². The molecule has 0 saturated carbocycles. The first kappa shape index (κ1) is 21.7. The molecule has 0 spiro atoms. The normalized spacial score (nSPS) is 13.9. The van der Waals surface area contributed by atoms with Crippen LogP contribution < -0.4 is 15.0 Å². The molecule has 1 aliphatic rings. The zero-order valence-corrected chi connectivity index (χ0v) is 19.2. The minimum atomic E-state index is -0.696. The number of carbonyl (C=O) groups excluding carboxylic acids is 2. The van der Waals surface area contributed by atoms with Crippen molar-refractivity contribution in [1.82, 2.24) is 9.55 Å². The van der Waals surface area contributed by atoms with Gasteiger partial charge in [-0.3, -0.25) is 14.5 Å². The van der Waals surface area contributed by atoms with Gasteiger partial charge in [-0.05, 0) is 49.2 Å². The molecule has 2 heterocycles. The number of aryl methyl sites for hydroxylation is 3. The number of nitrogens with one attached hydrogen (secondary N) is 1. The van der Waals surface area contributed by atoms with Crippen LogP contribution in [0.2, 0.25) is 0 Å². The Hall–Kier alpha value is -4.13. The van der Waals surface area contributed by atoms with Crippen molar-refractivity contribution >= 4 is 34.2 Å². The minimum Gasteiger partial charge on any atom is -0.482 e. The van der Waals surface area contributed by atoms with E-state index in [1.807, 2.05) is 55.6 Å². The Morgan fingerprint density at radius 1 is 1.06 bits per heavy atom. The Morgan fingerprint density at radius 3 is 2.65 bits per heavy atom. The number of imidazole rings is 1. The number of anilines is 2. The van der Waals surface area contributed by atoms with Crippen LogP contribution in [0, 0.1) is 0 Å². The number of hydrogen-bond acceptors (Lipinski definition) is 4. The summed E-state index contributed by atoms with van der Waals surface area (Å²) in [6.45, 7) is 1.64. The van der Waals surface area contributed by atoms with Crippen LogP contribution in [0.1, 0.15) is 18.3 Å². The molecule has 0 fully saturated rings. The summed E-state index contributed by atoms with van der Waals surface area (Å²) in [6.07, 6.45) is 1.74. The van der Waals surface area contributed by atoms with Crippen LogP contribution in [0.3, 0.4) is 0 Å². The molecule has 7 nitrogen and oxygen atoms in total. The van der Waals surface area contributed by atoms with E-state index in [1.165, 1.54) is 10.5 Å². The van der Waals surface area contributed by atoms with E-state index in [4.69, 9.17) is 9.72 Å². The zero-order chi connectivity index (χ0) is 23.7. The maximum atomic E-state index is 13.1. The van der Waals surface area contributed by atoms with E-state index in [9.17, 15) is 9.59 Å². The van der Waals surface area contributed by atoms with Crippen LogP contribution in [0.5, 0.6) is 5.75 Å². The van der Waals surface area contributed by atoms with Gasteiger partial charge in [-0.15, -0.1) is 0 Å². The second-order valence-electron chi connectivity index (χ2n) is 8.46. The maximum absolute atomic E-state index is 13.1. The monoisotopic (exact) mass is 454 g/mol. The standard InChI is InChI=1S/C27H26N4O3/c1-18(31-23-10-6-7-11-24(23)34-17-26(31)32)27(33)28-20-13-14-22-21(16-20)29-25(30(22)2)15-12-19-8-4-3-5-9-19/h3-11,13-14,16,18H,12,15,17H2,1-2H3,(H,28,33)/t18-/m1/s1. The fraction of sp³-hybridized carbons (Fsp3) is 0.222. The molecule has 0 aliphatic carbocycles. The minimum absolute atomic E-state index is 0.0830. The number of rotatable bonds is 6. The molecule has 5 rings (SSSR count). The van der Waals surface area contributed by atoms with Gasteiger partial charge >= 0.3 is 0 Å². The smallest absolute Gasteiger partial charge is 0.265 e. The first-order valence-electron chi connectivity index (χ1n) is 11.4. The third-order valence-electron chi connectivity index (χ3n) is 6.23. The molecule has 0 radical (unpaired) electrons. The van der Waals surface area contributed by atoms with Crippen molar-refractivity contribution in [2.75, 3.05) is 16.8 Å². The van der Waals surface area contributed by atoms with Crippen LogP contribution in [-0.2, 0) is 29.5 Å². The lowest BCUT2D eigenvalue weighted by Crippen LogP contribution is -2.49. The molecule has 0 unspecified atom stereocenters. The fourth-order valence-electron chi connectivity index (χ4n) is 4.36. The summed E-state index contributed by atoms with van der Waals surface area (Å²) in [6, 6.07) is 22.6. The van der Waals surface area contributed by atoms with E-state index in [-0.39, 0.29) is 18.4 Å². The van der Waals surface area contributed by atoms with Gasteiger partial charge in [0.1, 0.15) is 17.6 Å². The summed E-state index contributed by atoms with van der Waals surface area (Å²) in [5.74, 6) is 1.07. The van der Waals surface area contributed by atoms with Crippen molar-refractivity contribution in [3.05, 3.63) is 84.2 Å². The lowest BCUT2D eigenvalue weighted by molar-refractivity contribution is -0.125. The first-order chi connectivity index (χ1) is 16.5. The Morgan fingerprint density at radius 2 is 1.82 bits per heavy atom. The number of benzene rings is 3. The number of carbonyl (C=O) groups is 2. The van der Waals surface area contributed by atoms with E-state index >= 15 is 0 Å². The first-order valence-corrected chi connectivity index (χ1v) is 11.4. The zero-order valence-electron chi connectivity index (χ0n) is 19.2. The second kappa shape index (κ2) is 9.02. The third kappa shape index (κ3) is 4.12. The molecule has 1 atom stereocenters. The molecule has 3 aromatic carbocycles. The Kier molecular flexibility index (Phi) is 5.76. The predicted octanol–water partition coefficient (Wildman–Crippen LogP) is 4.11. The van der Waals surface area contributed by atoms with E-state index < -0.39 is 6.04 Å². The quantitative estimate of drug-likeness (QED) is 0.476. The maximum Gasteiger partial charge on any atom is 0.265 e. The van der Waals surface area contributed by atoms with Gasteiger partial charge in [0.05, 0.1) is 16.7 Å². The highest BCUT2D eigenvalue weighted by molar-refractivity contribution is 6.07. The topological polar surface area (TPSA) is 76.5 Å². The van der Waals surface area contributed by atoms with Gasteiger partial charge < -0.3 is 14.6 Å². The molecule has 0 saturated heterocycles. The average molecular weight is 455 g/mol. The molecule has 7 heteroatoms. The van der Waals surface area contributed by atoms with Crippen molar-refractivity contribution in [2.45, 2.75) is 25.8 Å². The van der Waals surface area contributed by atoms with Gasteiger partial charge in [-0.25, -0.2) is 4.98 Å². The lowest BCUT2D eigenvalue weighted by atomic mass is 10.1. The van der Waals surface area contributed by atoms with E-state index in [1.54, 1.807) is 19.1 Å². The van der Waals surface area contributed by atoms with Gasteiger partial charge in [0.15, 0.2) is 6.61 Å². The largest absolute Gasteiger partial charge is 0.482 e. The summed E-state index contributed by atoms with van der Waals surface area (Å²) in [5.41, 5.74) is 4.35. The van der Waals surface area contributed by atoms with E-state index in [0.717, 1.165) is 29.7 Å². The average Bonchev–Trinajstić information content (AvgIpc) is 3.17. The third-order valence-corrected chi connectivity index (χ3v) is 6.23. The van der Waals surface area contributed by atoms with Crippen molar-refractivity contribution in [2.24, 2.45) is 7.05 Å². The lowest BCUT2D eigenvalue weighted by Gasteiger charge is -2.33. The van der Waals surface area contributed by atoms with Crippen LogP contribution in [0.25, 0.3) is 11.0 Å². The molecule has 4 aromatic rings. The number of nitrogens with zero attached hydrogens (tertiary/aromatic N) is 3. The molecule has 34 heavy (non-hydrogen) atoms. The number of ether oxygens (including phenoxy) is 1. The highest BCUT2D eigenvalue weighted by atomic mass is 16.5. The summed E-state index contributed by atoms with van der Waals surface area (Å²) in [7, 11) is 2.01. The predicted molar refractivity (Wildman–Crippen MR) is 132 cm³/mol. The van der Waals surface area contributed by atoms with Gasteiger partial charge in [-0.2, -0.15) is 0 Å². The van der Waals surface area contributed by atoms with E-state index in [2.05, 4.69) is 22.0 Å². The van der Waals surface area contributed by atoms with Crippen molar-refractivity contribution < 1.29 is 14.3 Å². The van der Waals surface area contributed by atoms with Crippen LogP contribution >= 0.6 is 0 Å². The van der Waals surface area contributed by atoms with Gasteiger partial charge in [0.25, 0.3) is 5.91 Å². The molecule has 0 bridgehead atoms. The molecule has 1 aliphatic heterocycles. The van der Waals surface area contributed by atoms with Crippen LogP contribution in [0.4, 0.5) is 11.4 Å². The molecule has 2 amide bonds. The summed E-state index contributed by atoms with van der Waals surface area (Å²) in [4.78, 5) is 31.9. The van der Waals surface area contributed by atoms with Gasteiger partial charge in [0, 0.05) is 19.2 Å². The molecule has 172 valence electrons. The highest BCUT2D eigenvalue weighted by Crippen LogP contribution is 2.33. The molecule has 1 aromatic heterocycles. The molecular formula is C27H26N4O3. The Labute approximate surface area is 198 Å². The van der Waals surface area contributed by atoms with Crippen molar-refractivity contribution in [3.63, 3.8) is 0 Å². The van der Waals surface area contributed by atoms with Crippen LogP contribution in [-0.4, -0.2) is 34.0 Å².